The number of rotatable bonds is 2. The number of aryl methyl sites for hydroxylation is 3. The summed E-state index contributed by atoms with van der Waals surface area (Å²) in [6.07, 6.45) is 0. The molecule has 0 saturated carbocycles. The SMILES string of the molecule is Cc1cc(C)c(O[SH]=O)c(C)c1.[CaH2]. The van der Waals surface area contributed by atoms with Crippen LogP contribution in [0.5, 0.6) is 5.75 Å². The van der Waals surface area contributed by atoms with Crippen molar-refractivity contribution in [2.24, 2.45) is 0 Å². The molecule has 0 radical (unpaired) electrons. The molecule has 1 aromatic carbocycles. The quantitative estimate of drug-likeness (QED) is 0.600. The van der Waals surface area contributed by atoms with Crippen LogP contribution in [-0.4, -0.2) is 41.9 Å². The molecular weight excluding hydrogens is 212 g/mol. The van der Waals surface area contributed by atoms with E-state index in [-0.39, 0.29) is 49.7 Å². The average molecular weight is 226 g/mol. The summed E-state index contributed by atoms with van der Waals surface area (Å²) >= 11 is -0.293. The van der Waals surface area contributed by atoms with Gasteiger partial charge in [0.05, 0.1) is 0 Å². The second kappa shape index (κ2) is 6.02. The van der Waals surface area contributed by atoms with Crippen LogP contribution in [0.2, 0.25) is 0 Å². The van der Waals surface area contributed by atoms with Gasteiger partial charge in [-0.3, -0.25) is 0 Å². The van der Waals surface area contributed by atoms with Crippen LogP contribution < -0.4 is 4.18 Å². The molecule has 1 rings (SSSR count). The van der Waals surface area contributed by atoms with E-state index in [0.29, 0.717) is 0 Å². The van der Waals surface area contributed by atoms with E-state index in [4.69, 9.17) is 4.18 Å². The van der Waals surface area contributed by atoms with Crippen molar-refractivity contribution in [2.75, 3.05) is 0 Å². The van der Waals surface area contributed by atoms with E-state index in [0.717, 1.165) is 16.9 Å². The minimum atomic E-state index is -0.293. The summed E-state index contributed by atoms with van der Waals surface area (Å²) in [6.45, 7) is 5.92. The molecule has 0 aromatic heterocycles. The van der Waals surface area contributed by atoms with Crippen molar-refractivity contribution in [1.29, 1.82) is 0 Å². The average Bonchev–Trinajstić information content (AvgIpc) is 1.96. The Morgan fingerprint density at radius 1 is 1.15 bits per heavy atom. The fourth-order valence-electron chi connectivity index (χ4n) is 1.35. The zero-order chi connectivity index (χ0) is 9.14. The Balaban J connectivity index is 0.00000144. The van der Waals surface area contributed by atoms with Gasteiger partial charge in [-0.1, -0.05) is 17.7 Å². The second-order valence-corrected chi connectivity index (χ2v) is 3.23. The normalized spacial score (nSPS) is 9.15. The molecule has 0 spiro atoms. The first kappa shape index (κ1) is 13.4. The van der Waals surface area contributed by atoms with Crippen LogP contribution in [0.25, 0.3) is 0 Å². The molecule has 0 fully saturated rings. The molecule has 0 aliphatic carbocycles. The van der Waals surface area contributed by atoms with E-state index < -0.39 is 0 Å². The second-order valence-electron chi connectivity index (χ2n) is 2.89. The van der Waals surface area contributed by atoms with Crippen LogP contribution in [-0.2, 0) is 11.9 Å². The van der Waals surface area contributed by atoms with Gasteiger partial charge in [-0.25, -0.2) is 4.21 Å². The van der Waals surface area contributed by atoms with Gasteiger partial charge in [0.15, 0.2) is 11.9 Å². The Hall–Kier alpha value is 0.430. The third-order valence-electron chi connectivity index (χ3n) is 1.73. The van der Waals surface area contributed by atoms with E-state index in [1.165, 1.54) is 5.56 Å². The predicted molar refractivity (Wildman–Crippen MR) is 59.4 cm³/mol. The number of hydrogen-bond donors (Lipinski definition) is 1. The van der Waals surface area contributed by atoms with E-state index in [1.54, 1.807) is 0 Å². The molecule has 0 saturated heterocycles. The van der Waals surface area contributed by atoms with E-state index in [9.17, 15) is 4.21 Å². The summed E-state index contributed by atoms with van der Waals surface area (Å²) in [5, 5.41) is 0. The van der Waals surface area contributed by atoms with Gasteiger partial charge < -0.3 is 4.18 Å². The van der Waals surface area contributed by atoms with Crippen LogP contribution in [0.1, 0.15) is 16.7 Å². The Morgan fingerprint density at radius 2 is 1.62 bits per heavy atom. The van der Waals surface area contributed by atoms with E-state index >= 15 is 0 Å². The maximum absolute atomic E-state index is 10.2. The zero-order valence-corrected chi connectivity index (χ0v) is 8.31. The third kappa shape index (κ3) is 3.58. The van der Waals surface area contributed by atoms with Gasteiger partial charge in [0.2, 0.25) is 0 Å². The van der Waals surface area contributed by atoms with Crippen LogP contribution in [0.4, 0.5) is 0 Å². The first-order chi connectivity index (χ1) is 5.65. The predicted octanol–water partition coefficient (Wildman–Crippen LogP) is 0.935. The molecule has 2 nitrogen and oxygen atoms in total. The van der Waals surface area contributed by atoms with Gasteiger partial charge >= 0.3 is 37.7 Å². The molecule has 0 aliphatic heterocycles. The zero-order valence-electron chi connectivity index (χ0n) is 7.42. The molecule has 0 atom stereocenters. The first-order valence-electron chi connectivity index (χ1n) is 3.72. The molecule has 0 unspecified atom stereocenters. The van der Waals surface area contributed by atoms with Crippen molar-refractivity contribution < 1.29 is 8.39 Å². The summed E-state index contributed by atoms with van der Waals surface area (Å²) in [4.78, 5) is 0. The molecule has 0 bridgehead atoms. The summed E-state index contributed by atoms with van der Waals surface area (Å²) in [5.74, 6) is 0.720. The molecule has 4 heteroatoms. The fraction of sp³-hybridized carbons (Fsp3) is 0.333. The molecule has 13 heavy (non-hydrogen) atoms. The topological polar surface area (TPSA) is 26.3 Å². The molecule has 0 N–H and O–H groups in total. The van der Waals surface area contributed by atoms with Crippen LogP contribution >= 0.6 is 0 Å². The van der Waals surface area contributed by atoms with Gasteiger partial charge in [0.25, 0.3) is 0 Å². The Labute approximate surface area is 112 Å². The molecular formula is C9H14CaO2S. The fourth-order valence-corrected chi connectivity index (χ4v) is 1.71. The Kier molecular flexibility index (Phi) is 6.21. The molecule has 0 aliphatic rings. The van der Waals surface area contributed by atoms with E-state index in [2.05, 4.69) is 0 Å². The van der Waals surface area contributed by atoms with Gasteiger partial charge in [0.1, 0.15) is 5.75 Å². The number of benzene rings is 1. The first-order valence-corrected chi connectivity index (χ1v) is 4.45. The summed E-state index contributed by atoms with van der Waals surface area (Å²) < 4.78 is 15.2. The van der Waals surface area contributed by atoms with Crippen LogP contribution in [0.3, 0.4) is 0 Å². The van der Waals surface area contributed by atoms with Crippen molar-refractivity contribution in [2.45, 2.75) is 20.8 Å². The Bertz CT molecular complexity index is 289. The summed E-state index contributed by atoms with van der Waals surface area (Å²) in [6, 6.07) is 4.01. The molecule has 1 aromatic rings. The summed E-state index contributed by atoms with van der Waals surface area (Å²) in [5.41, 5.74) is 3.24. The van der Waals surface area contributed by atoms with Crippen molar-refractivity contribution in [3.63, 3.8) is 0 Å². The molecule has 70 valence electrons. The van der Waals surface area contributed by atoms with Gasteiger partial charge in [0, 0.05) is 0 Å². The van der Waals surface area contributed by atoms with Crippen molar-refractivity contribution >= 4 is 49.7 Å². The Morgan fingerprint density at radius 3 is 2.00 bits per heavy atom. The van der Waals surface area contributed by atoms with Gasteiger partial charge in [-0.2, -0.15) is 0 Å². The third-order valence-corrected chi connectivity index (χ3v) is 1.99. The van der Waals surface area contributed by atoms with Gasteiger partial charge in [-0.15, -0.1) is 0 Å². The molecule has 0 heterocycles. The van der Waals surface area contributed by atoms with Crippen LogP contribution in [0, 0.1) is 20.8 Å². The number of thiol groups is 1. The van der Waals surface area contributed by atoms with Crippen LogP contribution in [0.15, 0.2) is 12.1 Å². The van der Waals surface area contributed by atoms with E-state index in [1.807, 2.05) is 32.9 Å². The van der Waals surface area contributed by atoms with Crippen molar-refractivity contribution in [1.82, 2.24) is 0 Å². The van der Waals surface area contributed by atoms with Crippen molar-refractivity contribution in [3.05, 3.63) is 28.8 Å². The van der Waals surface area contributed by atoms with Crippen molar-refractivity contribution in [3.8, 4) is 5.75 Å². The minimum absolute atomic E-state index is 0. The number of hydrogen-bond acceptors (Lipinski definition) is 2. The van der Waals surface area contributed by atoms with Gasteiger partial charge in [-0.05, 0) is 31.9 Å². The maximum atomic E-state index is 10.2. The standard InChI is InChI=1S/C9H12O2S.Ca.2H/c1-6-4-7(2)9(11-12-10)8(3)5-6;;;/h4-5,12H,1-3H3;;;. The molecule has 0 amide bonds. The monoisotopic (exact) mass is 226 g/mol. The summed E-state index contributed by atoms with van der Waals surface area (Å²) in [7, 11) is 0.